The van der Waals surface area contributed by atoms with Gasteiger partial charge in [0.15, 0.2) is 0 Å². The van der Waals surface area contributed by atoms with E-state index in [9.17, 15) is 8.78 Å². The molecule has 0 aliphatic heterocycles. The molecular weight excluding hydrogens is 192 g/mol. The van der Waals surface area contributed by atoms with Gasteiger partial charge in [-0.3, -0.25) is 0 Å². The topological polar surface area (TPSA) is 64.9 Å². The molecular formula is C5H8ClF2N3O. The summed E-state index contributed by atoms with van der Waals surface area (Å²) in [5.74, 6) is -0.420. The number of nitrogens with two attached hydrogens (primary N) is 1. The normalized spacial score (nSPS) is 10.0. The van der Waals surface area contributed by atoms with Crippen molar-refractivity contribution in [2.45, 2.75) is 12.8 Å². The van der Waals surface area contributed by atoms with Gasteiger partial charge in [-0.05, 0) is 0 Å². The smallest absolute Gasteiger partial charge is 0.300 e. The van der Waals surface area contributed by atoms with E-state index in [2.05, 4.69) is 14.7 Å². The summed E-state index contributed by atoms with van der Waals surface area (Å²) in [6.07, 6.45) is -2.34. The maximum absolute atomic E-state index is 11.8. The van der Waals surface area contributed by atoms with Crippen LogP contribution in [0.3, 0.4) is 0 Å². The van der Waals surface area contributed by atoms with E-state index >= 15 is 0 Å². The van der Waals surface area contributed by atoms with Gasteiger partial charge >= 0.3 is 6.43 Å². The maximum atomic E-state index is 11.8. The summed E-state index contributed by atoms with van der Waals surface area (Å²) in [5.41, 5.74) is 5.13. The Morgan fingerprint density at radius 1 is 1.50 bits per heavy atom. The summed E-state index contributed by atoms with van der Waals surface area (Å²) >= 11 is 0. The zero-order valence-corrected chi connectivity index (χ0v) is 6.85. The van der Waals surface area contributed by atoms with E-state index in [4.69, 9.17) is 5.73 Å². The summed E-state index contributed by atoms with van der Waals surface area (Å²) in [4.78, 5) is 3.39. The molecule has 0 atom stereocenters. The van der Waals surface area contributed by atoms with Crippen LogP contribution in [0, 0.1) is 0 Å². The van der Waals surface area contributed by atoms with Crippen LogP contribution in [0.4, 0.5) is 8.78 Å². The molecule has 0 aliphatic rings. The fraction of sp³-hybridized carbons (Fsp3) is 0.600. The van der Waals surface area contributed by atoms with Gasteiger partial charge in [-0.2, -0.15) is 4.98 Å². The number of nitrogens with zero attached hydrogens (tertiary/aromatic N) is 2. The molecule has 0 fully saturated rings. The van der Waals surface area contributed by atoms with Crippen molar-refractivity contribution in [2.75, 3.05) is 6.54 Å². The van der Waals surface area contributed by atoms with Crippen LogP contribution in [0.15, 0.2) is 4.52 Å². The van der Waals surface area contributed by atoms with E-state index < -0.39 is 12.2 Å². The monoisotopic (exact) mass is 199 g/mol. The Morgan fingerprint density at radius 2 is 2.17 bits per heavy atom. The van der Waals surface area contributed by atoms with E-state index in [1.54, 1.807) is 0 Å². The van der Waals surface area contributed by atoms with Crippen molar-refractivity contribution in [1.29, 1.82) is 0 Å². The molecule has 0 amide bonds. The molecule has 1 heterocycles. The van der Waals surface area contributed by atoms with Gasteiger partial charge in [-0.1, -0.05) is 5.16 Å². The molecule has 0 aliphatic carbocycles. The lowest BCUT2D eigenvalue weighted by Crippen LogP contribution is -2.02. The SMILES string of the molecule is Cl.NCCc1nc(C(F)F)no1. The summed E-state index contributed by atoms with van der Waals surface area (Å²) in [6.45, 7) is 0.310. The molecule has 2 N–H and O–H groups in total. The molecule has 0 spiro atoms. The van der Waals surface area contributed by atoms with Gasteiger partial charge in [0.1, 0.15) is 0 Å². The van der Waals surface area contributed by atoms with Crippen LogP contribution in [0.1, 0.15) is 18.1 Å². The summed E-state index contributed by atoms with van der Waals surface area (Å²) in [7, 11) is 0. The Kier molecular flexibility index (Phi) is 4.68. The number of halogens is 3. The van der Waals surface area contributed by atoms with Crippen molar-refractivity contribution in [2.24, 2.45) is 5.73 Å². The van der Waals surface area contributed by atoms with Gasteiger partial charge in [0.25, 0.3) is 0 Å². The predicted molar refractivity (Wildman–Crippen MR) is 39.3 cm³/mol. The highest BCUT2D eigenvalue weighted by atomic mass is 35.5. The zero-order chi connectivity index (χ0) is 8.27. The maximum Gasteiger partial charge on any atom is 0.300 e. The number of hydrogen-bond donors (Lipinski definition) is 1. The van der Waals surface area contributed by atoms with Crippen LogP contribution >= 0.6 is 12.4 Å². The lowest BCUT2D eigenvalue weighted by Gasteiger charge is -1.85. The Labute approximate surface area is 73.5 Å². The number of aromatic nitrogens is 2. The highest BCUT2D eigenvalue weighted by Gasteiger charge is 2.14. The first kappa shape index (κ1) is 11.2. The molecule has 1 rings (SSSR count). The highest BCUT2D eigenvalue weighted by Crippen LogP contribution is 2.14. The van der Waals surface area contributed by atoms with Crippen molar-refractivity contribution in [3.63, 3.8) is 0 Å². The minimum atomic E-state index is -2.68. The second-order valence-corrected chi connectivity index (χ2v) is 1.89. The molecule has 1 aromatic heterocycles. The number of hydrogen-bond acceptors (Lipinski definition) is 4. The zero-order valence-electron chi connectivity index (χ0n) is 6.04. The van der Waals surface area contributed by atoms with E-state index in [0.29, 0.717) is 13.0 Å². The first-order valence-electron chi connectivity index (χ1n) is 3.04. The molecule has 0 saturated heterocycles. The molecule has 4 nitrogen and oxygen atoms in total. The Morgan fingerprint density at radius 3 is 2.58 bits per heavy atom. The van der Waals surface area contributed by atoms with Crippen LogP contribution < -0.4 is 5.73 Å². The average Bonchev–Trinajstić information content (AvgIpc) is 2.37. The fourth-order valence-corrected chi connectivity index (χ4v) is 0.582. The van der Waals surface area contributed by atoms with E-state index in [-0.39, 0.29) is 18.3 Å². The molecule has 0 unspecified atom stereocenters. The van der Waals surface area contributed by atoms with Gasteiger partial charge in [-0.25, -0.2) is 8.78 Å². The first-order chi connectivity index (χ1) is 5.24. The predicted octanol–water partition coefficient (Wildman–Crippen LogP) is 0.930. The quantitative estimate of drug-likeness (QED) is 0.787. The van der Waals surface area contributed by atoms with E-state index in [1.165, 1.54) is 0 Å². The average molecular weight is 200 g/mol. The highest BCUT2D eigenvalue weighted by molar-refractivity contribution is 5.85. The lowest BCUT2D eigenvalue weighted by atomic mass is 10.4. The third-order valence-electron chi connectivity index (χ3n) is 1.04. The molecule has 7 heteroatoms. The van der Waals surface area contributed by atoms with Crippen LogP contribution in [0.5, 0.6) is 0 Å². The molecule has 12 heavy (non-hydrogen) atoms. The third-order valence-corrected chi connectivity index (χ3v) is 1.04. The van der Waals surface area contributed by atoms with Gasteiger partial charge in [0.05, 0.1) is 0 Å². The summed E-state index contributed by atoms with van der Waals surface area (Å²) in [6, 6.07) is 0. The summed E-state index contributed by atoms with van der Waals surface area (Å²) in [5, 5.41) is 3.04. The van der Waals surface area contributed by atoms with Gasteiger partial charge < -0.3 is 10.3 Å². The lowest BCUT2D eigenvalue weighted by molar-refractivity contribution is 0.136. The largest absolute Gasteiger partial charge is 0.339 e. The van der Waals surface area contributed by atoms with Gasteiger partial charge in [-0.15, -0.1) is 12.4 Å². The van der Waals surface area contributed by atoms with Crippen LogP contribution in [-0.4, -0.2) is 16.7 Å². The molecule has 70 valence electrons. The number of rotatable bonds is 3. The minimum Gasteiger partial charge on any atom is -0.339 e. The number of alkyl halides is 2. The second-order valence-electron chi connectivity index (χ2n) is 1.89. The van der Waals surface area contributed by atoms with Crippen molar-refractivity contribution in [3.05, 3.63) is 11.7 Å². The van der Waals surface area contributed by atoms with Crippen LogP contribution in [0.2, 0.25) is 0 Å². The fourth-order valence-electron chi connectivity index (χ4n) is 0.582. The third kappa shape index (κ3) is 2.71. The van der Waals surface area contributed by atoms with Crippen molar-refractivity contribution >= 4 is 12.4 Å². The molecule has 0 aromatic carbocycles. The van der Waals surface area contributed by atoms with Crippen LogP contribution in [-0.2, 0) is 6.42 Å². The Balaban J connectivity index is 0.00000121. The molecule has 0 bridgehead atoms. The van der Waals surface area contributed by atoms with E-state index in [0.717, 1.165) is 0 Å². The van der Waals surface area contributed by atoms with E-state index in [1.807, 2.05) is 0 Å². The van der Waals surface area contributed by atoms with Crippen LogP contribution in [0.25, 0.3) is 0 Å². The second kappa shape index (κ2) is 5.00. The Bertz CT molecular complexity index is 230. The first-order valence-corrected chi connectivity index (χ1v) is 3.04. The van der Waals surface area contributed by atoms with Gasteiger partial charge in [0.2, 0.25) is 11.7 Å². The standard InChI is InChI=1S/C5H7F2N3O.ClH/c6-4(7)5-9-3(1-2-8)11-10-5;/h4H,1-2,8H2;1H. The Hall–Kier alpha value is -0.750. The van der Waals surface area contributed by atoms with Crippen molar-refractivity contribution in [1.82, 2.24) is 10.1 Å². The van der Waals surface area contributed by atoms with Crippen molar-refractivity contribution in [3.8, 4) is 0 Å². The summed E-state index contributed by atoms with van der Waals surface area (Å²) < 4.78 is 28.1. The molecule has 1 aromatic rings. The van der Waals surface area contributed by atoms with Crippen molar-refractivity contribution < 1.29 is 13.3 Å². The molecule has 0 saturated carbocycles. The minimum absolute atomic E-state index is 0. The van der Waals surface area contributed by atoms with Gasteiger partial charge in [0, 0.05) is 13.0 Å². The molecule has 0 radical (unpaired) electrons.